The fourth-order valence-electron chi connectivity index (χ4n) is 1.95. The highest BCUT2D eigenvalue weighted by Gasteiger charge is 2.35. The normalized spacial score (nSPS) is 13.1. The number of ether oxygens (including phenoxy) is 1. The predicted octanol–water partition coefficient (Wildman–Crippen LogP) is 0.748. The van der Waals surface area contributed by atoms with Gasteiger partial charge in [-0.25, -0.2) is 4.79 Å². The van der Waals surface area contributed by atoms with E-state index in [4.69, 9.17) is 15.6 Å². The van der Waals surface area contributed by atoms with Crippen LogP contribution in [0, 0.1) is 5.41 Å². The summed E-state index contributed by atoms with van der Waals surface area (Å²) in [5, 5.41) is 11.7. The van der Waals surface area contributed by atoms with Crippen molar-refractivity contribution in [2.24, 2.45) is 11.1 Å². The van der Waals surface area contributed by atoms with Gasteiger partial charge in [0.1, 0.15) is 6.04 Å². The summed E-state index contributed by atoms with van der Waals surface area (Å²) in [4.78, 5) is 23.4. The number of methoxy groups -OCH3 is 1. The molecule has 1 atom stereocenters. The van der Waals surface area contributed by atoms with Gasteiger partial charge < -0.3 is 20.9 Å². The molecular weight excluding hydrogens is 248 g/mol. The van der Waals surface area contributed by atoms with E-state index in [1.165, 1.54) is 0 Å². The molecule has 0 aromatic heterocycles. The molecule has 0 saturated heterocycles. The Morgan fingerprint density at radius 2 is 1.95 bits per heavy atom. The molecule has 0 spiro atoms. The SMILES string of the molecule is CCC(CC)(CN)C(=O)NC(CCCOC)C(=O)O. The average Bonchev–Trinajstić information content (AvgIpc) is 2.40. The fourth-order valence-corrected chi connectivity index (χ4v) is 1.95. The lowest BCUT2D eigenvalue weighted by atomic mass is 9.81. The smallest absolute Gasteiger partial charge is 0.326 e. The van der Waals surface area contributed by atoms with Crippen molar-refractivity contribution < 1.29 is 19.4 Å². The minimum absolute atomic E-state index is 0.218. The Morgan fingerprint density at radius 1 is 1.37 bits per heavy atom. The minimum Gasteiger partial charge on any atom is -0.480 e. The van der Waals surface area contributed by atoms with Crippen LogP contribution in [-0.2, 0) is 14.3 Å². The van der Waals surface area contributed by atoms with Crippen LogP contribution in [0.5, 0.6) is 0 Å². The zero-order chi connectivity index (χ0) is 14.9. The monoisotopic (exact) mass is 274 g/mol. The number of hydrogen-bond donors (Lipinski definition) is 3. The van der Waals surface area contributed by atoms with Crippen LogP contribution < -0.4 is 11.1 Å². The highest BCUT2D eigenvalue weighted by Crippen LogP contribution is 2.25. The van der Waals surface area contributed by atoms with Gasteiger partial charge in [0.05, 0.1) is 5.41 Å². The summed E-state index contributed by atoms with van der Waals surface area (Å²) >= 11 is 0. The van der Waals surface area contributed by atoms with Crippen LogP contribution in [0.1, 0.15) is 39.5 Å². The Balaban J connectivity index is 4.65. The Morgan fingerprint density at radius 3 is 2.32 bits per heavy atom. The molecule has 0 aliphatic carbocycles. The van der Waals surface area contributed by atoms with Gasteiger partial charge in [-0.15, -0.1) is 0 Å². The van der Waals surface area contributed by atoms with Gasteiger partial charge in [-0.1, -0.05) is 13.8 Å². The largest absolute Gasteiger partial charge is 0.480 e. The molecule has 0 radical (unpaired) electrons. The summed E-state index contributed by atoms with van der Waals surface area (Å²) in [7, 11) is 1.56. The highest BCUT2D eigenvalue weighted by atomic mass is 16.5. The molecule has 4 N–H and O–H groups in total. The Labute approximate surface area is 114 Å². The maximum Gasteiger partial charge on any atom is 0.326 e. The number of nitrogens with one attached hydrogen (secondary N) is 1. The van der Waals surface area contributed by atoms with Gasteiger partial charge in [-0.2, -0.15) is 0 Å². The van der Waals surface area contributed by atoms with Crippen LogP contribution >= 0.6 is 0 Å². The van der Waals surface area contributed by atoms with E-state index in [9.17, 15) is 9.59 Å². The molecule has 0 aliphatic heterocycles. The van der Waals surface area contributed by atoms with E-state index in [0.29, 0.717) is 32.3 Å². The first kappa shape index (κ1) is 17.9. The third-order valence-electron chi connectivity index (χ3n) is 3.67. The first-order valence-electron chi connectivity index (χ1n) is 6.70. The van der Waals surface area contributed by atoms with Crippen molar-refractivity contribution in [2.75, 3.05) is 20.3 Å². The number of aliphatic carboxylic acids is 1. The number of amides is 1. The Kier molecular flexibility index (Phi) is 8.34. The molecule has 0 heterocycles. The third-order valence-corrected chi connectivity index (χ3v) is 3.67. The number of carboxylic acids is 1. The van der Waals surface area contributed by atoms with Crippen molar-refractivity contribution in [3.8, 4) is 0 Å². The van der Waals surface area contributed by atoms with E-state index in [0.717, 1.165) is 0 Å². The molecule has 6 nitrogen and oxygen atoms in total. The van der Waals surface area contributed by atoms with Crippen LogP contribution in [0.3, 0.4) is 0 Å². The average molecular weight is 274 g/mol. The molecule has 112 valence electrons. The molecule has 6 heteroatoms. The Bertz CT molecular complexity index is 282. The number of carboxylic acid groups (broad SMARTS) is 1. The maximum atomic E-state index is 12.2. The van der Waals surface area contributed by atoms with Gasteiger partial charge in [-0.05, 0) is 25.7 Å². The van der Waals surface area contributed by atoms with Crippen LogP contribution in [0.15, 0.2) is 0 Å². The second kappa shape index (κ2) is 8.87. The summed E-state index contributed by atoms with van der Waals surface area (Å²) in [6.07, 6.45) is 2.12. The fraction of sp³-hybridized carbons (Fsp3) is 0.846. The van der Waals surface area contributed by atoms with Crippen molar-refractivity contribution in [3.05, 3.63) is 0 Å². The number of carbonyl (C=O) groups excluding carboxylic acids is 1. The summed E-state index contributed by atoms with van der Waals surface area (Å²) < 4.78 is 4.88. The van der Waals surface area contributed by atoms with Gasteiger partial charge >= 0.3 is 5.97 Å². The van der Waals surface area contributed by atoms with E-state index in [1.54, 1.807) is 7.11 Å². The van der Waals surface area contributed by atoms with Crippen LogP contribution in [0.25, 0.3) is 0 Å². The van der Waals surface area contributed by atoms with Crippen molar-refractivity contribution in [3.63, 3.8) is 0 Å². The van der Waals surface area contributed by atoms with Gasteiger partial charge in [0.2, 0.25) is 5.91 Å². The first-order chi connectivity index (χ1) is 8.97. The van der Waals surface area contributed by atoms with Crippen LogP contribution in [-0.4, -0.2) is 43.3 Å². The van der Waals surface area contributed by atoms with E-state index in [-0.39, 0.29) is 12.5 Å². The number of nitrogens with two attached hydrogens (primary N) is 1. The topological polar surface area (TPSA) is 102 Å². The zero-order valence-corrected chi connectivity index (χ0v) is 12.1. The second-order valence-corrected chi connectivity index (χ2v) is 4.69. The van der Waals surface area contributed by atoms with Gasteiger partial charge in [0, 0.05) is 20.3 Å². The number of rotatable bonds is 10. The van der Waals surface area contributed by atoms with Crippen LogP contribution in [0.2, 0.25) is 0 Å². The molecule has 0 rings (SSSR count). The van der Waals surface area contributed by atoms with E-state index >= 15 is 0 Å². The predicted molar refractivity (Wildman–Crippen MR) is 72.7 cm³/mol. The van der Waals surface area contributed by atoms with Crippen molar-refractivity contribution in [1.82, 2.24) is 5.32 Å². The van der Waals surface area contributed by atoms with E-state index in [1.807, 2.05) is 13.8 Å². The molecule has 0 bridgehead atoms. The summed E-state index contributed by atoms with van der Waals surface area (Å²) in [6.45, 7) is 4.47. The molecule has 0 aromatic carbocycles. The van der Waals surface area contributed by atoms with Gasteiger partial charge in [0.25, 0.3) is 0 Å². The van der Waals surface area contributed by atoms with Gasteiger partial charge in [0.15, 0.2) is 0 Å². The summed E-state index contributed by atoms with van der Waals surface area (Å²) in [6, 6.07) is -0.883. The van der Waals surface area contributed by atoms with E-state index < -0.39 is 17.4 Å². The summed E-state index contributed by atoms with van der Waals surface area (Å²) in [5.41, 5.74) is 5.00. The maximum absolute atomic E-state index is 12.2. The third kappa shape index (κ3) is 5.16. The molecule has 0 fully saturated rings. The van der Waals surface area contributed by atoms with Crippen molar-refractivity contribution in [2.45, 2.75) is 45.6 Å². The number of hydrogen-bond acceptors (Lipinski definition) is 4. The Hall–Kier alpha value is -1.14. The molecule has 1 amide bonds. The number of carbonyl (C=O) groups is 2. The standard InChI is InChI=1S/C13H26N2O4/c1-4-13(5-2,9-14)12(18)15-10(11(16)17)7-6-8-19-3/h10H,4-9,14H2,1-3H3,(H,15,18)(H,16,17). The lowest BCUT2D eigenvalue weighted by Crippen LogP contribution is -2.51. The highest BCUT2D eigenvalue weighted by molar-refractivity contribution is 5.87. The summed E-state index contributed by atoms with van der Waals surface area (Å²) in [5.74, 6) is -1.30. The minimum atomic E-state index is -1.03. The molecule has 0 saturated carbocycles. The second-order valence-electron chi connectivity index (χ2n) is 4.69. The molecule has 19 heavy (non-hydrogen) atoms. The molecule has 0 aliphatic rings. The van der Waals surface area contributed by atoms with E-state index in [2.05, 4.69) is 5.32 Å². The molecule has 1 unspecified atom stereocenters. The molecular formula is C13H26N2O4. The van der Waals surface area contributed by atoms with Gasteiger partial charge in [-0.3, -0.25) is 4.79 Å². The first-order valence-corrected chi connectivity index (χ1v) is 6.70. The van der Waals surface area contributed by atoms with Crippen molar-refractivity contribution >= 4 is 11.9 Å². The zero-order valence-electron chi connectivity index (χ0n) is 12.1. The van der Waals surface area contributed by atoms with Crippen molar-refractivity contribution in [1.29, 1.82) is 0 Å². The lowest BCUT2D eigenvalue weighted by molar-refractivity contribution is -0.144. The van der Waals surface area contributed by atoms with Crippen LogP contribution in [0.4, 0.5) is 0 Å². The molecule has 0 aromatic rings. The quantitative estimate of drug-likeness (QED) is 0.510. The lowest BCUT2D eigenvalue weighted by Gasteiger charge is -2.30.